The third kappa shape index (κ3) is 5.32. The molecule has 1 heterocycles. The quantitative estimate of drug-likeness (QED) is 0.613. The van der Waals surface area contributed by atoms with Crippen LogP contribution >= 0.6 is 0 Å². The van der Waals surface area contributed by atoms with Gasteiger partial charge in [0.2, 0.25) is 10.0 Å². The van der Waals surface area contributed by atoms with Gasteiger partial charge in [0.25, 0.3) is 5.91 Å². The summed E-state index contributed by atoms with van der Waals surface area (Å²) in [5.74, 6) is 0.366. The van der Waals surface area contributed by atoms with Crippen LogP contribution in [0.25, 0.3) is 0 Å². The zero-order valence-corrected chi connectivity index (χ0v) is 18.9. The molecule has 7 nitrogen and oxygen atoms in total. The molecule has 0 aliphatic carbocycles. The van der Waals surface area contributed by atoms with Gasteiger partial charge in [0.15, 0.2) is 12.4 Å². The Kier molecular flexibility index (Phi) is 7.12. The molecule has 1 fully saturated rings. The van der Waals surface area contributed by atoms with E-state index in [0.717, 1.165) is 11.1 Å². The van der Waals surface area contributed by atoms with Crippen molar-refractivity contribution in [2.45, 2.75) is 32.1 Å². The first-order valence-corrected chi connectivity index (χ1v) is 11.8. The number of benzene rings is 2. The molecule has 166 valence electrons. The van der Waals surface area contributed by atoms with Crippen molar-refractivity contribution in [2.24, 2.45) is 0 Å². The van der Waals surface area contributed by atoms with Crippen LogP contribution in [-0.4, -0.2) is 62.1 Å². The lowest BCUT2D eigenvalue weighted by Crippen LogP contribution is -2.51. The molecule has 1 saturated heterocycles. The number of hydrogen-bond donors (Lipinski definition) is 0. The number of rotatable bonds is 7. The smallest absolute Gasteiger partial charge is 0.260 e. The number of ether oxygens (including phenoxy) is 1. The van der Waals surface area contributed by atoms with Crippen molar-refractivity contribution in [3.63, 3.8) is 0 Å². The molecule has 1 aliphatic heterocycles. The SMILES string of the molecule is CCC(=O)c1ccc(OCC(=O)N2CCN(S(=O)(=O)c3ccc(C)cc3C)CC2)cc1. The predicted molar refractivity (Wildman–Crippen MR) is 118 cm³/mol. The van der Waals surface area contributed by atoms with E-state index in [1.54, 1.807) is 55.1 Å². The molecule has 0 radical (unpaired) electrons. The average molecular weight is 445 g/mol. The molecule has 0 bridgehead atoms. The number of sulfonamides is 1. The Morgan fingerprint density at radius 3 is 2.19 bits per heavy atom. The molecule has 0 unspecified atom stereocenters. The Bertz CT molecular complexity index is 1060. The number of carbonyl (C=O) groups excluding carboxylic acids is 2. The van der Waals surface area contributed by atoms with Gasteiger partial charge in [-0.3, -0.25) is 9.59 Å². The van der Waals surface area contributed by atoms with E-state index in [1.807, 2.05) is 13.0 Å². The average Bonchev–Trinajstić information content (AvgIpc) is 2.77. The van der Waals surface area contributed by atoms with Crippen LogP contribution in [0, 0.1) is 13.8 Å². The fraction of sp³-hybridized carbons (Fsp3) is 0.391. The van der Waals surface area contributed by atoms with Crippen molar-refractivity contribution < 1.29 is 22.7 Å². The molecule has 1 amide bonds. The Labute approximate surface area is 183 Å². The molecule has 1 aliphatic rings. The van der Waals surface area contributed by atoms with Crippen molar-refractivity contribution in [2.75, 3.05) is 32.8 Å². The van der Waals surface area contributed by atoms with Crippen molar-refractivity contribution in [1.82, 2.24) is 9.21 Å². The van der Waals surface area contributed by atoms with Crippen molar-refractivity contribution in [3.05, 3.63) is 59.2 Å². The number of hydrogen-bond acceptors (Lipinski definition) is 5. The van der Waals surface area contributed by atoms with Crippen LogP contribution in [0.2, 0.25) is 0 Å². The highest BCUT2D eigenvalue weighted by atomic mass is 32.2. The van der Waals surface area contributed by atoms with Crippen LogP contribution in [0.4, 0.5) is 0 Å². The first-order chi connectivity index (χ1) is 14.7. The number of carbonyl (C=O) groups is 2. The largest absolute Gasteiger partial charge is 0.484 e. The Morgan fingerprint density at radius 2 is 1.61 bits per heavy atom. The molecule has 0 spiro atoms. The molecular formula is C23H28N2O5S. The normalized spacial score (nSPS) is 15.0. The van der Waals surface area contributed by atoms with E-state index in [4.69, 9.17) is 4.74 Å². The fourth-order valence-corrected chi connectivity index (χ4v) is 5.21. The van der Waals surface area contributed by atoms with Gasteiger partial charge in [-0.05, 0) is 49.7 Å². The van der Waals surface area contributed by atoms with Gasteiger partial charge in [-0.1, -0.05) is 24.6 Å². The van der Waals surface area contributed by atoms with E-state index >= 15 is 0 Å². The van der Waals surface area contributed by atoms with Gasteiger partial charge in [-0.2, -0.15) is 4.31 Å². The van der Waals surface area contributed by atoms with Gasteiger partial charge in [0.05, 0.1) is 4.90 Å². The highest BCUT2D eigenvalue weighted by molar-refractivity contribution is 7.89. The summed E-state index contributed by atoms with van der Waals surface area (Å²) in [6.45, 7) is 6.51. The van der Waals surface area contributed by atoms with Crippen LogP contribution in [-0.2, 0) is 14.8 Å². The Hall–Kier alpha value is -2.71. The van der Waals surface area contributed by atoms with Gasteiger partial charge < -0.3 is 9.64 Å². The maximum absolute atomic E-state index is 13.0. The summed E-state index contributed by atoms with van der Waals surface area (Å²) in [4.78, 5) is 26.1. The molecule has 0 N–H and O–H groups in total. The van der Waals surface area contributed by atoms with Gasteiger partial charge in [-0.15, -0.1) is 0 Å². The maximum atomic E-state index is 13.0. The summed E-state index contributed by atoms with van der Waals surface area (Å²) in [6, 6.07) is 12.0. The minimum absolute atomic E-state index is 0.0521. The second-order valence-electron chi connectivity index (χ2n) is 7.64. The lowest BCUT2D eigenvalue weighted by molar-refractivity contribution is -0.134. The van der Waals surface area contributed by atoms with Crippen LogP contribution in [0.1, 0.15) is 34.8 Å². The van der Waals surface area contributed by atoms with Gasteiger partial charge in [-0.25, -0.2) is 8.42 Å². The molecule has 2 aromatic rings. The van der Waals surface area contributed by atoms with Crippen molar-refractivity contribution in [3.8, 4) is 5.75 Å². The second kappa shape index (κ2) is 9.62. The molecule has 2 aromatic carbocycles. The third-order valence-electron chi connectivity index (χ3n) is 5.40. The monoisotopic (exact) mass is 444 g/mol. The lowest BCUT2D eigenvalue weighted by Gasteiger charge is -2.34. The van der Waals surface area contributed by atoms with Crippen LogP contribution in [0.5, 0.6) is 5.75 Å². The highest BCUT2D eigenvalue weighted by Crippen LogP contribution is 2.22. The number of aryl methyl sites for hydroxylation is 2. The zero-order valence-electron chi connectivity index (χ0n) is 18.1. The molecule has 3 rings (SSSR count). The summed E-state index contributed by atoms with van der Waals surface area (Å²) < 4.78 is 32.9. The van der Waals surface area contributed by atoms with Crippen LogP contribution in [0.3, 0.4) is 0 Å². The van der Waals surface area contributed by atoms with E-state index in [0.29, 0.717) is 35.7 Å². The number of piperazine rings is 1. The first kappa shape index (κ1) is 23.0. The van der Waals surface area contributed by atoms with Gasteiger partial charge in [0.1, 0.15) is 5.75 Å². The van der Waals surface area contributed by atoms with E-state index in [-0.39, 0.29) is 31.4 Å². The third-order valence-corrected chi connectivity index (χ3v) is 7.46. The fourth-order valence-electron chi connectivity index (χ4n) is 3.58. The zero-order chi connectivity index (χ0) is 22.6. The topological polar surface area (TPSA) is 84.0 Å². The summed E-state index contributed by atoms with van der Waals surface area (Å²) >= 11 is 0. The molecule has 31 heavy (non-hydrogen) atoms. The van der Waals surface area contributed by atoms with Crippen molar-refractivity contribution in [1.29, 1.82) is 0 Å². The lowest BCUT2D eigenvalue weighted by atomic mass is 10.1. The summed E-state index contributed by atoms with van der Waals surface area (Å²) in [6.07, 6.45) is 0.434. The van der Waals surface area contributed by atoms with Crippen LogP contribution < -0.4 is 4.74 Å². The Morgan fingerprint density at radius 1 is 0.968 bits per heavy atom. The standard InChI is InChI=1S/C23H28N2O5S/c1-4-21(26)19-6-8-20(9-7-19)30-16-23(27)24-11-13-25(14-12-24)31(28,29)22-10-5-17(2)15-18(22)3/h5-10,15H,4,11-14,16H2,1-3H3. The minimum atomic E-state index is -3.59. The minimum Gasteiger partial charge on any atom is -0.484 e. The number of Topliss-reactive ketones (excluding diaryl/α,β-unsaturated/α-hetero) is 1. The molecule has 0 aromatic heterocycles. The van der Waals surface area contributed by atoms with Crippen molar-refractivity contribution >= 4 is 21.7 Å². The molecule has 8 heteroatoms. The summed E-state index contributed by atoms with van der Waals surface area (Å²) in [7, 11) is -3.59. The van der Waals surface area contributed by atoms with E-state index in [1.165, 1.54) is 4.31 Å². The van der Waals surface area contributed by atoms with Gasteiger partial charge >= 0.3 is 0 Å². The molecular weight excluding hydrogens is 416 g/mol. The van der Waals surface area contributed by atoms with E-state index < -0.39 is 10.0 Å². The van der Waals surface area contributed by atoms with E-state index in [2.05, 4.69) is 0 Å². The van der Waals surface area contributed by atoms with Gasteiger partial charge in [0, 0.05) is 38.2 Å². The highest BCUT2D eigenvalue weighted by Gasteiger charge is 2.31. The first-order valence-electron chi connectivity index (χ1n) is 10.3. The number of amides is 1. The second-order valence-corrected chi connectivity index (χ2v) is 9.55. The molecule has 0 saturated carbocycles. The molecule has 0 atom stereocenters. The van der Waals surface area contributed by atoms with Crippen LogP contribution in [0.15, 0.2) is 47.4 Å². The Balaban J connectivity index is 1.54. The summed E-state index contributed by atoms with van der Waals surface area (Å²) in [5.41, 5.74) is 2.35. The summed E-state index contributed by atoms with van der Waals surface area (Å²) in [5, 5.41) is 0. The van der Waals surface area contributed by atoms with E-state index in [9.17, 15) is 18.0 Å². The number of ketones is 1. The predicted octanol–water partition coefficient (Wildman–Crippen LogP) is 2.81. The number of nitrogens with zero attached hydrogens (tertiary/aromatic N) is 2. The maximum Gasteiger partial charge on any atom is 0.260 e.